The third-order valence-corrected chi connectivity index (χ3v) is 11.4. The van der Waals surface area contributed by atoms with E-state index < -0.39 is 11.8 Å². The Hall–Kier alpha value is -6.39. The molecule has 0 saturated carbocycles. The van der Waals surface area contributed by atoms with Crippen LogP contribution in [0.3, 0.4) is 0 Å². The van der Waals surface area contributed by atoms with E-state index in [1.165, 1.54) is 39.1 Å². The zero-order chi connectivity index (χ0) is 45.5. The molecule has 321 valence electrons. The minimum absolute atomic E-state index is 0. The molecule has 0 unspecified atom stereocenters. The molecule has 1 radical (unpaired) electrons. The van der Waals surface area contributed by atoms with E-state index in [4.69, 9.17) is 12.1 Å². The Morgan fingerprint density at radius 3 is 1.91 bits per heavy atom. The molecular weight excluding hydrogens is 959 g/mol. The van der Waals surface area contributed by atoms with Crippen molar-refractivity contribution in [2.24, 2.45) is 5.41 Å². The van der Waals surface area contributed by atoms with Gasteiger partial charge in [-0.25, -0.2) is 0 Å². The standard InChI is InChI=1S/C43H35N2O.C16H18N.Ir/c1-27(2)38-25-33(30-14-9-6-10-15-30)26-39(28(3)4)40(38)45-23-22-44-43(45)37-17-11-16-35-36-21-19-32-24-31(29-12-7-5-8-13-29)18-20-34(32)41(36)46-42(35)37;1-16(2,3)11-13-9-10-15(17-12-13)14-7-5-4-6-8-14;/h5-16,18-28H,1-4H3;4-7,9-10,12H,11H2,1-3H3;/q2*-1;/i;11D2;. The molecule has 5 heteroatoms. The van der Waals surface area contributed by atoms with Crippen molar-refractivity contribution in [3.05, 3.63) is 199 Å². The number of aromatic nitrogens is 3. The summed E-state index contributed by atoms with van der Waals surface area (Å²) in [4.78, 5) is 9.30. The van der Waals surface area contributed by atoms with Gasteiger partial charge in [0.2, 0.25) is 0 Å². The van der Waals surface area contributed by atoms with Crippen LogP contribution in [0.15, 0.2) is 175 Å². The molecule has 0 fully saturated rings. The molecule has 0 bridgehead atoms. The van der Waals surface area contributed by atoms with Gasteiger partial charge in [-0.1, -0.05) is 156 Å². The first-order valence-corrected chi connectivity index (χ1v) is 21.9. The average molecular weight is 1010 g/mol. The van der Waals surface area contributed by atoms with Crippen LogP contribution in [0.4, 0.5) is 0 Å². The largest absolute Gasteiger partial charge is 0.500 e. The van der Waals surface area contributed by atoms with Gasteiger partial charge in [0.25, 0.3) is 0 Å². The number of rotatable bonds is 8. The van der Waals surface area contributed by atoms with Crippen molar-refractivity contribution in [3.8, 4) is 50.6 Å². The Labute approximate surface area is 394 Å². The van der Waals surface area contributed by atoms with Crippen molar-refractivity contribution in [1.82, 2.24) is 14.5 Å². The van der Waals surface area contributed by atoms with Gasteiger partial charge in [0.15, 0.2) is 0 Å². The van der Waals surface area contributed by atoms with Crippen LogP contribution >= 0.6 is 0 Å². The molecular formula is C59H53IrN3O-2. The van der Waals surface area contributed by atoms with Gasteiger partial charge in [0.1, 0.15) is 5.58 Å². The van der Waals surface area contributed by atoms with Crippen molar-refractivity contribution in [3.63, 3.8) is 0 Å². The molecule has 10 rings (SSSR count). The molecule has 3 heterocycles. The Bertz CT molecular complexity index is 3230. The molecule has 0 amide bonds. The number of furan rings is 1. The van der Waals surface area contributed by atoms with Crippen LogP contribution in [0, 0.1) is 17.5 Å². The van der Waals surface area contributed by atoms with Crippen LogP contribution in [-0.2, 0) is 26.5 Å². The predicted molar refractivity (Wildman–Crippen MR) is 263 cm³/mol. The first kappa shape index (κ1) is 41.6. The predicted octanol–water partition coefficient (Wildman–Crippen LogP) is 16.1. The maximum atomic E-state index is 8.21. The summed E-state index contributed by atoms with van der Waals surface area (Å²) in [5, 5.41) is 4.42. The van der Waals surface area contributed by atoms with Crippen LogP contribution in [0.25, 0.3) is 83.3 Å². The fourth-order valence-electron chi connectivity index (χ4n) is 8.42. The van der Waals surface area contributed by atoms with Gasteiger partial charge in [-0.3, -0.25) is 4.98 Å². The molecule has 3 aromatic heterocycles. The molecule has 4 nitrogen and oxygen atoms in total. The first-order chi connectivity index (χ1) is 31.3. The summed E-state index contributed by atoms with van der Waals surface area (Å²) in [5.41, 5.74) is 13.1. The normalized spacial score (nSPS) is 12.3. The number of hydrogen-bond donors (Lipinski definition) is 0. The van der Waals surface area contributed by atoms with E-state index in [1.54, 1.807) is 6.20 Å². The van der Waals surface area contributed by atoms with E-state index >= 15 is 0 Å². The van der Waals surface area contributed by atoms with Crippen LogP contribution < -0.4 is 0 Å². The van der Waals surface area contributed by atoms with Crippen LogP contribution in [-0.4, -0.2) is 14.5 Å². The SMILES string of the molecule is CC(C)c1cc(-c2ccccc2)cc(C(C)C)c1-n1ccnc1-c1[c-]ccc2c1oc1c3ccc(-c4ccccc4)cc3ccc21.[2H]C([2H])(c1ccc(-c2[c-]cccc2)nc1)C(C)(C)C.[Ir]. The van der Waals surface area contributed by atoms with Gasteiger partial charge in [0, 0.05) is 57.9 Å². The van der Waals surface area contributed by atoms with Gasteiger partial charge in [-0.2, -0.15) is 0 Å². The fourth-order valence-corrected chi connectivity index (χ4v) is 8.42. The minimum atomic E-state index is -1.40. The molecule has 0 aliphatic heterocycles. The summed E-state index contributed by atoms with van der Waals surface area (Å²) in [6.07, 6.45) is 4.20. The first-order valence-electron chi connectivity index (χ1n) is 22.9. The zero-order valence-corrected chi connectivity index (χ0v) is 39.8. The Kier molecular flexibility index (Phi) is 12.2. The van der Waals surface area contributed by atoms with E-state index in [-0.39, 0.29) is 20.1 Å². The van der Waals surface area contributed by atoms with Gasteiger partial charge in [0.05, 0.1) is 11.4 Å². The second-order valence-electron chi connectivity index (χ2n) is 17.8. The molecule has 10 aromatic rings. The van der Waals surface area contributed by atoms with Crippen LogP contribution in [0.1, 0.15) is 79.7 Å². The molecule has 0 saturated heterocycles. The van der Waals surface area contributed by atoms with Gasteiger partial charge in [-0.15, -0.1) is 54.1 Å². The second-order valence-corrected chi connectivity index (χ2v) is 17.8. The maximum absolute atomic E-state index is 8.21. The van der Waals surface area contributed by atoms with Crippen molar-refractivity contribution >= 4 is 32.7 Å². The minimum Gasteiger partial charge on any atom is -0.500 e. The van der Waals surface area contributed by atoms with Gasteiger partial charge < -0.3 is 14.0 Å². The molecule has 0 aliphatic carbocycles. The number of benzene rings is 7. The molecule has 0 N–H and O–H groups in total. The van der Waals surface area contributed by atoms with E-state index in [0.717, 1.165) is 55.4 Å². The summed E-state index contributed by atoms with van der Waals surface area (Å²) < 4.78 is 25.5. The second kappa shape index (κ2) is 18.8. The molecule has 64 heavy (non-hydrogen) atoms. The number of imidazole rings is 1. The third kappa shape index (κ3) is 9.15. The summed E-state index contributed by atoms with van der Waals surface area (Å²) in [6.45, 7) is 14.8. The Morgan fingerprint density at radius 1 is 0.625 bits per heavy atom. The number of pyridine rings is 1. The summed E-state index contributed by atoms with van der Waals surface area (Å²) in [5.74, 6) is 1.45. The number of hydrogen-bond acceptors (Lipinski definition) is 3. The van der Waals surface area contributed by atoms with E-state index in [9.17, 15) is 0 Å². The topological polar surface area (TPSA) is 43.9 Å². The molecule has 0 spiro atoms. The quantitative estimate of drug-likeness (QED) is 0.143. The van der Waals surface area contributed by atoms with Crippen molar-refractivity contribution in [2.75, 3.05) is 0 Å². The summed E-state index contributed by atoms with van der Waals surface area (Å²) >= 11 is 0. The van der Waals surface area contributed by atoms with E-state index in [1.807, 2.05) is 69.4 Å². The van der Waals surface area contributed by atoms with Crippen molar-refractivity contribution in [2.45, 2.75) is 66.7 Å². The summed E-state index contributed by atoms with van der Waals surface area (Å²) in [6, 6.07) is 58.9. The van der Waals surface area contributed by atoms with E-state index in [2.05, 4.69) is 165 Å². The van der Waals surface area contributed by atoms with Gasteiger partial charge >= 0.3 is 0 Å². The number of nitrogens with zero attached hydrogens (tertiary/aromatic N) is 3. The van der Waals surface area contributed by atoms with Crippen LogP contribution in [0.2, 0.25) is 0 Å². The zero-order valence-electron chi connectivity index (χ0n) is 39.4. The third-order valence-electron chi connectivity index (χ3n) is 11.4. The van der Waals surface area contributed by atoms with Crippen molar-refractivity contribution < 1.29 is 27.3 Å². The Morgan fingerprint density at radius 2 is 1.28 bits per heavy atom. The Balaban J connectivity index is 0.000000249. The molecule has 7 aromatic carbocycles. The van der Waals surface area contributed by atoms with Crippen molar-refractivity contribution in [1.29, 1.82) is 0 Å². The smallest absolute Gasteiger partial charge is 0.128 e. The maximum Gasteiger partial charge on any atom is 0.128 e. The average Bonchev–Trinajstić information content (AvgIpc) is 3.97. The number of fused-ring (bicyclic) bond motifs is 5. The molecule has 0 aliphatic rings. The van der Waals surface area contributed by atoms with Gasteiger partial charge in [-0.05, 0) is 91.8 Å². The monoisotopic (exact) mass is 1010 g/mol. The van der Waals surface area contributed by atoms with Crippen LogP contribution in [0.5, 0.6) is 0 Å². The molecule has 0 atom stereocenters. The fraction of sp³-hybridized carbons (Fsp3) is 0.186. The van der Waals surface area contributed by atoms with E-state index in [0.29, 0.717) is 17.4 Å². The summed E-state index contributed by atoms with van der Waals surface area (Å²) in [7, 11) is 0.